The average molecular weight is 419 g/mol. The summed E-state index contributed by atoms with van der Waals surface area (Å²) in [6, 6.07) is 14.1. The van der Waals surface area contributed by atoms with Crippen molar-refractivity contribution in [1.29, 1.82) is 0 Å². The summed E-state index contributed by atoms with van der Waals surface area (Å²) < 4.78 is 30.8. The number of rotatable bonds is 7. The van der Waals surface area contributed by atoms with Crippen molar-refractivity contribution in [3.05, 3.63) is 65.2 Å². The van der Waals surface area contributed by atoms with Crippen molar-refractivity contribution in [2.24, 2.45) is 0 Å². The van der Waals surface area contributed by atoms with Crippen molar-refractivity contribution in [1.82, 2.24) is 9.62 Å². The number of nitrogens with zero attached hydrogens (tertiary/aromatic N) is 1. The third-order valence-corrected chi connectivity index (χ3v) is 6.92. The van der Waals surface area contributed by atoms with E-state index in [1.54, 1.807) is 0 Å². The van der Waals surface area contributed by atoms with Crippen LogP contribution in [0.25, 0.3) is 0 Å². The molecule has 2 aromatic carbocycles. The van der Waals surface area contributed by atoms with Crippen LogP contribution in [0.5, 0.6) is 0 Å². The molecule has 0 unspecified atom stereocenters. The van der Waals surface area contributed by atoms with E-state index in [0.29, 0.717) is 12.1 Å². The molecule has 29 heavy (non-hydrogen) atoms. The van der Waals surface area contributed by atoms with Gasteiger partial charge in [-0.3, -0.25) is 4.79 Å². The zero-order valence-corrected chi connectivity index (χ0v) is 17.7. The van der Waals surface area contributed by atoms with Gasteiger partial charge in [0.15, 0.2) is 0 Å². The molecule has 1 saturated heterocycles. The standard InChI is InChI=1S/C21H27N3O4S/c1-23(2)29(26,27)20-9-7-17(8-10-20)21(25)22-15-18-5-3-4-6-19(18)16-24-11-13-28-14-12-24/h3-10H,11-16H2,1-2H3,(H,22,25)/p+1. The second-order valence-corrected chi connectivity index (χ2v) is 9.45. The summed E-state index contributed by atoms with van der Waals surface area (Å²) in [7, 11) is -0.548. The van der Waals surface area contributed by atoms with Crippen molar-refractivity contribution in [3.8, 4) is 0 Å². The van der Waals surface area contributed by atoms with Gasteiger partial charge in [-0.1, -0.05) is 24.3 Å². The Labute approximate surface area is 172 Å². The number of carbonyl (C=O) groups excluding carboxylic acids is 1. The van der Waals surface area contributed by atoms with Gasteiger partial charge in [0.2, 0.25) is 10.0 Å². The van der Waals surface area contributed by atoms with E-state index in [2.05, 4.69) is 11.4 Å². The monoisotopic (exact) mass is 418 g/mol. The Morgan fingerprint density at radius 2 is 1.66 bits per heavy atom. The molecule has 0 bridgehead atoms. The van der Waals surface area contributed by atoms with Gasteiger partial charge in [-0.25, -0.2) is 12.7 Å². The number of hydrogen-bond acceptors (Lipinski definition) is 4. The summed E-state index contributed by atoms with van der Waals surface area (Å²) in [5.41, 5.74) is 2.74. The third-order valence-electron chi connectivity index (χ3n) is 5.09. The first kappa shape index (κ1) is 21.4. The zero-order valence-electron chi connectivity index (χ0n) is 16.8. The molecular formula is C21H28N3O4S+. The molecule has 0 aliphatic carbocycles. The highest BCUT2D eigenvalue weighted by Gasteiger charge is 2.18. The first-order chi connectivity index (χ1) is 13.9. The largest absolute Gasteiger partial charge is 0.370 e. The van der Waals surface area contributed by atoms with E-state index < -0.39 is 10.0 Å². The molecule has 0 spiro atoms. The van der Waals surface area contributed by atoms with Crippen molar-refractivity contribution < 1.29 is 22.8 Å². The summed E-state index contributed by atoms with van der Waals surface area (Å²) in [5, 5.41) is 2.94. The first-order valence-corrected chi connectivity index (χ1v) is 11.1. The summed E-state index contributed by atoms with van der Waals surface area (Å²) >= 11 is 0. The quantitative estimate of drug-likeness (QED) is 0.677. The normalized spacial score (nSPS) is 15.4. The molecule has 8 heteroatoms. The van der Waals surface area contributed by atoms with E-state index in [-0.39, 0.29) is 10.8 Å². The van der Waals surface area contributed by atoms with Crippen LogP contribution in [-0.2, 0) is 27.8 Å². The van der Waals surface area contributed by atoms with E-state index in [0.717, 1.165) is 42.7 Å². The molecule has 7 nitrogen and oxygen atoms in total. The first-order valence-electron chi connectivity index (χ1n) is 9.67. The molecule has 1 amide bonds. The van der Waals surface area contributed by atoms with Crippen LogP contribution in [0.1, 0.15) is 21.5 Å². The molecule has 1 heterocycles. The number of nitrogens with one attached hydrogen (secondary N) is 2. The van der Waals surface area contributed by atoms with Gasteiger partial charge in [0.1, 0.15) is 19.6 Å². The second-order valence-electron chi connectivity index (χ2n) is 7.30. The van der Waals surface area contributed by atoms with Gasteiger partial charge in [0, 0.05) is 31.8 Å². The fourth-order valence-corrected chi connectivity index (χ4v) is 4.18. The molecule has 2 N–H and O–H groups in total. The van der Waals surface area contributed by atoms with Gasteiger partial charge in [0.05, 0.1) is 18.1 Å². The number of carbonyl (C=O) groups is 1. The zero-order chi connectivity index (χ0) is 20.9. The van der Waals surface area contributed by atoms with Crippen LogP contribution >= 0.6 is 0 Å². The van der Waals surface area contributed by atoms with Crippen LogP contribution in [-0.4, -0.2) is 59.0 Å². The predicted molar refractivity (Wildman–Crippen MR) is 110 cm³/mol. The number of sulfonamides is 1. The van der Waals surface area contributed by atoms with Crippen LogP contribution in [0.15, 0.2) is 53.4 Å². The van der Waals surface area contributed by atoms with Gasteiger partial charge < -0.3 is 15.0 Å². The molecule has 1 aliphatic heterocycles. The minimum absolute atomic E-state index is 0.165. The molecule has 156 valence electrons. The Hall–Kier alpha value is -2.26. The van der Waals surface area contributed by atoms with Crippen LogP contribution in [0, 0.1) is 0 Å². The number of morpholine rings is 1. The molecule has 3 rings (SSSR count). The van der Waals surface area contributed by atoms with Crippen molar-refractivity contribution in [2.45, 2.75) is 18.0 Å². The molecule has 0 radical (unpaired) electrons. The minimum atomic E-state index is -3.50. The molecule has 0 atom stereocenters. The highest BCUT2D eigenvalue weighted by atomic mass is 32.2. The average Bonchev–Trinajstić information content (AvgIpc) is 2.73. The number of hydrogen-bond donors (Lipinski definition) is 2. The Balaban J connectivity index is 1.63. The van der Waals surface area contributed by atoms with E-state index in [1.165, 1.54) is 48.8 Å². The predicted octanol–water partition coefficient (Wildman–Crippen LogP) is 0.282. The fraction of sp³-hybridized carbons (Fsp3) is 0.381. The lowest BCUT2D eigenvalue weighted by molar-refractivity contribution is -0.921. The van der Waals surface area contributed by atoms with Crippen molar-refractivity contribution in [3.63, 3.8) is 0 Å². The van der Waals surface area contributed by atoms with Crippen LogP contribution < -0.4 is 10.2 Å². The van der Waals surface area contributed by atoms with Crippen LogP contribution in [0.3, 0.4) is 0 Å². The number of benzene rings is 2. The Morgan fingerprint density at radius 1 is 1.03 bits per heavy atom. The fourth-order valence-electron chi connectivity index (χ4n) is 3.28. The van der Waals surface area contributed by atoms with Crippen molar-refractivity contribution >= 4 is 15.9 Å². The summed E-state index contributed by atoms with van der Waals surface area (Å²) in [4.78, 5) is 14.2. The van der Waals surface area contributed by atoms with Crippen LogP contribution in [0.4, 0.5) is 0 Å². The highest BCUT2D eigenvalue weighted by molar-refractivity contribution is 7.89. The number of amides is 1. The van der Waals surface area contributed by atoms with Gasteiger partial charge in [0.25, 0.3) is 5.91 Å². The van der Waals surface area contributed by atoms with Gasteiger partial charge in [-0.2, -0.15) is 0 Å². The summed E-state index contributed by atoms with van der Waals surface area (Å²) in [5.74, 6) is -0.229. The van der Waals surface area contributed by atoms with E-state index in [1.807, 2.05) is 18.2 Å². The minimum Gasteiger partial charge on any atom is -0.370 e. The number of ether oxygens (including phenoxy) is 1. The topological polar surface area (TPSA) is 80.2 Å². The van der Waals surface area contributed by atoms with Gasteiger partial charge in [-0.05, 0) is 29.8 Å². The lowest BCUT2D eigenvalue weighted by Gasteiger charge is -2.24. The third kappa shape index (κ3) is 5.42. The van der Waals surface area contributed by atoms with Crippen LogP contribution in [0.2, 0.25) is 0 Å². The smallest absolute Gasteiger partial charge is 0.251 e. The van der Waals surface area contributed by atoms with E-state index in [4.69, 9.17) is 4.74 Å². The Morgan fingerprint density at radius 3 is 2.28 bits per heavy atom. The van der Waals surface area contributed by atoms with E-state index in [9.17, 15) is 13.2 Å². The lowest BCUT2D eigenvalue weighted by Crippen LogP contribution is -3.12. The van der Waals surface area contributed by atoms with Crippen molar-refractivity contribution in [2.75, 3.05) is 40.4 Å². The number of quaternary nitrogens is 1. The molecular weight excluding hydrogens is 390 g/mol. The van der Waals surface area contributed by atoms with E-state index >= 15 is 0 Å². The molecule has 0 aromatic heterocycles. The summed E-state index contributed by atoms with van der Waals surface area (Å²) in [6.45, 7) is 4.89. The lowest BCUT2D eigenvalue weighted by atomic mass is 10.1. The van der Waals surface area contributed by atoms with Gasteiger partial charge >= 0.3 is 0 Å². The summed E-state index contributed by atoms with van der Waals surface area (Å²) in [6.07, 6.45) is 0. The maximum atomic E-state index is 12.5. The Bertz CT molecular complexity index is 937. The Kier molecular flexibility index (Phi) is 7.02. The SMILES string of the molecule is CN(C)S(=O)(=O)c1ccc(C(=O)NCc2ccccc2C[NH+]2CCOCC2)cc1. The molecule has 1 fully saturated rings. The molecule has 0 saturated carbocycles. The van der Waals surface area contributed by atoms with Gasteiger partial charge in [-0.15, -0.1) is 0 Å². The highest BCUT2D eigenvalue weighted by Crippen LogP contribution is 2.14. The maximum Gasteiger partial charge on any atom is 0.251 e. The molecule has 1 aliphatic rings. The maximum absolute atomic E-state index is 12.5. The molecule has 2 aromatic rings. The second kappa shape index (κ2) is 9.49.